The summed E-state index contributed by atoms with van der Waals surface area (Å²) in [6.07, 6.45) is 1.85. The summed E-state index contributed by atoms with van der Waals surface area (Å²) in [5.41, 5.74) is 8.77. The summed E-state index contributed by atoms with van der Waals surface area (Å²) >= 11 is 0. The minimum atomic E-state index is 0.562. The monoisotopic (exact) mass is 614 g/mol. The van der Waals surface area contributed by atoms with Gasteiger partial charge in [0.05, 0.1) is 33.1 Å². The highest BCUT2D eigenvalue weighted by molar-refractivity contribution is 6.19. The summed E-state index contributed by atoms with van der Waals surface area (Å²) in [5, 5.41) is 5.51. The number of rotatable bonds is 4. The van der Waals surface area contributed by atoms with Crippen LogP contribution in [0.15, 0.2) is 158 Å². The molecule has 0 fully saturated rings. The average molecular weight is 615 g/mol. The molecular formula is C42H26N6. The minimum Gasteiger partial charge on any atom is -0.309 e. The fourth-order valence-electron chi connectivity index (χ4n) is 7.05. The number of nitrogens with zero attached hydrogens (tertiary/aromatic N) is 6. The Kier molecular flexibility index (Phi) is 5.77. The van der Waals surface area contributed by atoms with E-state index in [2.05, 4.69) is 112 Å². The molecule has 0 aliphatic carbocycles. The SMILES string of the molecule is c1ccc(-c2ncc3c(-c4ccccc4)nc(-n4c5ccccc5c5cc6c7ccccc7n(-c7ccccc7)c6cc54)nc3n2)cc1. The first kappa shape index (κ1) is 26.5. The van der Waals surface area contributed by atoms with Crippen LogP contribution in [0.5, 0.6) is 0 Å². The molecule has 0 aliphatic heterocycles. The van der Waals surface area contributed by atoms with Crippen molar-refractivity contribution in [2.24, 2.45) is 0 Å². The molecule has 4 heterocycles. The fourth-order valence-corrected chi connectivity index (χ4v) is 7.05. The van der Waals surface area contributed by atoms with Gasteiger partial charge in [0.25, 0.3) is 0 Å². The van der Waals surface area contributed by atoms with E-state index in [0.717, 1.165) is 55.2 Å². The minimum absolute atomic E-state index is 0.562. The van der Waals surface area contributed by atoms with Gasteiger partial charge in [-0.1, -0.05) is 115 Å². The van der Waals surface area contributed by atoms with Crippen LogP contribution in [0.25, 0.3) is 88.9 Å². The molecule has 0 atom stereocenters. The van der Waals surface area contributed by atoms with Crippen LogP contribution in [0, 0.1) is 0 Å². The van der Waals surface area contributed by atoms with Crippen LogP contribution in [0.1, 0.15) is 0 Å². The quantitative estimate of drug-likeness (QED) is 0.198. The van der Waals surface area contributed by atoms with Gasteiger partial charge in [-0.2, -0.15) is 4.98 Å². The van der Waals surface area contributed by atoms with E-state index in [9.17, 15) is 0 Å². The zero-order chi connectivity index (χ0) is 31.6. The topological polar surface area (TPSA) is 61.4 Å². The first-order valence-corrected chi connectivity index (χ1v) is 16.0. The van der Waals surface area contributed by atoms with Crippen LogP contribution in [-0.2, 0) is 0 Å². The Labute approximate surface area is 275 Å². The molecule has 0 N–H and O–H groups in total. The van der Waals surface area contributed by atoms with Crippen LogP contribution in [0.2, 0.25) is 0 Å². The van der Waals surface area contributed by atoms with Gasteiger partial charge in [-0.3, -0.25) is 4.57 Å². The van der Waals surface area contributed by atoms with E-state index in [1.165, 1.54) is 16.3 Å². The summed E-state index contributed by atoms with van der Waals surface area (Å²) in [7, 11) is 0. The van der Waals surface area contributed by atoms with E-state index in [1.54, 1.807) is 0 Å². The molecule has 4 aromatic heterocycles. The Morgan fingerprint density at radius 3 is 1.65 bits per heavy atom. The van der Waals surface area contributed by atoms with Crippen molar-refractivity contribution in [2.45, 2.75) is 0 Å². The van der Waals surface area contributed by atoms with Crippen LogP contribution in [0.4, 0.5) is 0 Å². The van der Waals surface area contributed by atoms with E-state index in [-0.39, 0.29) is 0 Å². The molecule has 0 saturated carbocycles. The lowest BCUT2D eigenvalue weighted by atomic mass is 10.1. The first-order chi connectivity index (χ1) is 23.8. The van der Waals surface area contributed by atoms with Gasteiger partial charge in [-0.05, 0) is 36.4 Å². The van der Waals surface area contributed by atoms with Crippen molar-refractivity contribution < 1.29 is 0 Å². The molecule has 6 nitrogen and oxygen atoms in total. The van der Waals surface area contributed by atoms with E-state index >= 15 is 0 Å². The van der Waals surface area contributed by atoms with Crippen molar-refractivity contribution >= 4 is 54.6 Å². The van der Waals surface area contributed by atoms with Gasteiger partial charge in [0, 0.05) is 44.6 Å². The van der Waals surface area contributed by atoms with Gasteiger partial charge in [0.1, 0.15) is 0 Å². The van der Waals surface area contributed by atoms with Crippen LogP contribution < -0.4 is 0 Å². The molecule has 0 radical (unpaired) electrons. The van der Waals surface area contributed by atoms with Crippen LogP contribution in [-0.4, -0.2) is 29.1 Å². The zero-order valence-electron chi connectivity index (χ0n) is 25.7. The third-order valence-electron chi connectivity index (χ3n) is 9.20. The highest BCUT2D eigenvalue weighted by Crippen LogP contribution is 2.39. The van der Waals surface area contributed by atoms with Gasteiger partial charge in [0.15, 0.2) is 11.5 Å². The number of hydrogen-bond acceptors (Lipinski definition) is 4. The largest absolute Gasteiger partial charge is 0.309 e. The highest BCUT2D eigenvalue weighted by Gasteiger charge is 2.21. The third-order valence-corrected chi connectivity index (χ3v) is 9.20. The molecule has 0 spiro atoms. The Hall–Kier alpha value is -6.66. The zero-order valence-corrected chi connectivity index (χ0v) is 25.7. The molecule has 0 amide bonds. The predicted octanol–water partition coefficient (Wildman–Crippen LogP) is 9.95. The Morgan fingerprint density at radius 2 is 0.958 bits per heavy atom. The molecule has 0 bridgehead atoms. The Balaban J connectivity index is 1.33. The maximum absolute atomic E-state index is 5.28. The predicted molar refractivity (Wildman–Crippen MR) is 195 cm³/mol. The van der Waals surface area contributed by atoms with E-state index in [0.29, 0.717) is 17.4 Å². The van der Waals surface area contributed by atoms with Crippen molar-refractivity contribution in [3.8, 4) is 34.3 Å². The lowest BCUT2D eigenvalue weighted by molar-refractivity contribution is 1.00. The maximum Gasteiger partial charge on any atom is 0.237 e. The smallest absolute Gasteiger partial charge is 0.237 e. The normalized spacial score (nSPS) is 11.8. The van der Waals surface area contributed by atoms with Crippen molar-refractivity contribution in [1.29, 1.82) is 0 Å². The van der Waals surface area contributed by atoms with Crippen molar-refractivity contribution in [1.82, 2.24) is 29.1 Å². The summed E-state index contributed by atoms with van der Waals surface area (Å²) in [6, 6.07) is 52.6. The van der Waals surface area contributed by atoms with E-state index < -0.39 is 0 Å². The van der Waals surface area contributed by atoms with Gasteiger partial charge >= 0.3 is 0 Å². The number of benzene rings is 6. The maximum atomic E-state index is 5.28. The molecule has 48 heavy (non-hydrogen) atoms. The highest BCUT2D eigenvalue weighted by atomic mass is 15.2. The molecule has 224 valence electrons. The molecule has 6 aromatic carbocycles. The molecule has 6 heteroatoms. The molecule has 0 aliphatic rings. The Bertz CT molecular complexity index is 2820. The van der Waals surface area contributed by atoms with Gasteiger partial charge in [-0.25, -0.2) is 15.0 Å². The molecule has 0 saturated heterocycles. The average Bonchev–Trinajstić information content (AvgIpc) is 3.66. The number of hydrogen-bond donors (Lipinski definition) is 0. The van der Waals surface area contributed by atoms with Crippen molar-refractivity contribution in [3.05, 3.63) is 158 Å². The summed E-state index contributed by atoms with van der Waals surface area (Å²) in [6.45, 7) is 0. The summed E-state index contributed by atoms with van der Waals surface area (Å²) in [5.74, 6) is 1.19. The Morgan fingerprint density at radius 1 is 0.396 bits per heavy atom. The van der Waals surface area contributed by atoms with Crippen molar-refractivity contribution in [2.75, 3.05) is 0 Å². The van der Waals surface area contributed by atoms with E-state index in [4.69, 9.17) is 19.9 Å². The van der Waals surface area contributed by atoms with Gasteiger partial charge in [0.2, 0.25) is 5.95 Å². The first-order valence-electron chi connectivity index (χ1n) is 16.0. The van der Waals surface area contributed by atoms with Gasteiger partial charge in [-0.15, -0.1) is 0 Å². The second-order valence-electron chi connectivity index (χ2n) is 12.0. The summed E-state index contributed by atoms with van der Waals surface area (Å²) < 4.78 is 4.54. The second-order valence-corrected chi connectivity index (χ2v) is 12.0. The fraction of sp³-hybridized carbons (Fsp3) is 0. The van der Waals surface area contributed by atoms with Crippen molar-refractivity contribution in [3.63, 3.8) is 0 Å². The second kappa shape index (κ2) is 10.4. The molecular weight excluding hydrogens is 589 g/mol. The number of aromatic nitrogens is 6. The van der Waals surface area contributed by atoms with Crippen LogP contribution in [0.3, 0.4) is 0 Å². The van der Waals surface area contributed by atoms with Crippen LogP contribution >= 0.6 is 0 Å². The lowest BCUT2D eigenvalue weighted by Crippen LogP contribution is -2.05. The lowest BCUT2D eigenvalue weighted by Gasteiger charge is -2.12. The van der Waals surface area contributed by atoms with Gasteiger partial charge < -0.3 is 4.57 Å². The number of fused-ring (bicyclic) bond motifs is 7. The summed E-state index contributed by atoms with van der Waals surface area (Å²) in [4.78, 5) is 20.2. The molecule has 0 unspecified atom stereocenters. The molecule has 10 rings (SSSR count). The standard InChI is InChI=1S/C42H26N6/c1-4-14-27(15-5-1)39-34-26-43-40(28-16-6-2-7-17-28)45-41(34)46-42(44-39)48-36-23-13-11-21-31(36)33-24-32-30-20-10-12-22-35(30)47(37(32)25-38(33)48)29-18-8-3-9-19-29/h1-26H. The molecule has 10 aromatic rings. The third kappa shape index (κ3) is 3.99. The van der Waals surface area contributed by atoms with E-state index in [1.807, 2.05) is 54.7 Å². The number of para-hydroxylation sites is 3.